The first-order chi connectivity index (χ1) is 9.70. The first kappa shape index (κ1) is 14.8. The smallest absolute Gasteiger partial charge is 0.323 e. The molecule has 1 atom stereocenters. The van der Waals surface area contributed by atoms with E-state index in [1.54, 1.807) is 6.92 Å². The molecule has 1 fully saturated rings. The zero-order valence-electron chi connectivity index (χ0n) is 11.9. The van der Waals surface area contributed by atoms with Gasteiger partial charge in [-0.25, -0.2) is 0 Å². The molecule has 1 unspecified atom stereocenters. The minimum absolute atomic E-state index is 0.343. The summed E-state index contributed by atoms with van der Waals surface area (Å²) < 4.78 is 10.2. The molecule has 20 heavy (non-hydrogen) atoms. The molecule has 2 N–H and O–H groups in total. The number of carbonyl (C=O) groups is 1. The van der Waals surface area contributed by atoms with E-state index in [-0.39, 0.29) is 5.97 Å². The quantitative estimate of drug-likeness (QED) is 0.813. The normalized spacial score (nSPS) is 16.8. The standard InChI is InChI=1S/C15H22N2O3/c1-2-20-15(18)14(16)11-12-3-5-13(6-4-12)17-7-9-19-10-8-17/h3-6,14H,2,7-11,16H2,1H3. The molecule has 0 radical (unpaired) electrons. The third-order valence-electron chi connectivity index (χ3n) is 3.36. The SMILES string of the molecule is CCOC(=O)C(N)Cc1ccc(N2CCOCC2)cc1. The third-order valence-corrected chi connectivity index (χ3v) is 3.36. The summed E-state index contributed by atoms with van der Waals surface area (Å²) in [6.07, 6.45) is 0.502. The maximum atomic E-state index is 11.5. The second-order valence-electron chi connectivity index (χ2n) is 4.83. The van der Waals surface area contributed by atoms with Crippen LogP contribution < -0.4 is 10.6 Å². The molecule has 1 aliphatic heterocycles. The maximum Gasteiger partial charge on any atom is 0.323 e. The molecule has 5 heteroatoms. The minimum atomic E-state index is -0.593. The average Bonchev–Trinajstić information content (AvgIpc) is 2.49. The molecular weight excluding hydrogens is 256 g/mol. The monoisotopic (exact) mass is 278 g/mol. The summed E-state index contributed by atoms with van der Waals surface area (Å²) in [5, 5.41) is 0. The molecule has 1 aromatic rings. The van der Waals surface area contributed by atoms with Gasteiger partial charge >= 0.3 is 5.97 Å². The fourth-order valence-corrected chi connectivity index (χ4v) is 2.25. The van der Waals surface area contributed by atoms with Crippen molar-refractivity contribution >= 4 is 11.7 Å². The predicted molar refractivity (Wildman–Crippen MR) is 77.8 cm³/mol. The second kappa shape index (κ2) is 7.26. The van der Waals surface area contributed by atoms with E-state index in [9.17, 15) is 4.79 Å². The van der Waals surface area contributed by atoms with Gasteiger partial charge < -0.3 is 20.1 Å². The highest BCUT2D eigenvalue weighted by atomic mass is 16.5. The van der Waals surface area contributed by atoms with Crippen LogP contribution >= 0.6 is 0 Å². The van der Waals surface area contributed by atoms with Crippen LogP contribution in [0.1, 0.15) is 12.5 Å². The lowest BCUT2D eigenvalue weighted by molar-refractivity contribution is -0.144. The highest BCUT2D eigenvalue weighted by molar-refractivity contribution is 5.75. The van der Waals surface area contributed by atoms with Gasteiger partial charge in [-0.1, -0.05) is 12.1 Å². The van der Waals surface area contributed by atoms with Gasteiger partial charge in [0.2, 0.25) is 0 Å². The van der Waals surface area contributed by atoms with Crippen LogP contribution in [-0.4, -0.2) is 44.9 Å². The Morgan fingerprint density at radius 2 is 2.00 bits per heavy atom. The van der Waals surface area contributed by atoms with E-state index < -0.39 is 6.04 Å². The van der Waals surface area contributed by atoms with Crippen molar-refractivity contribution in [2.75, 3.05) is 37.8 Å². The number of hydrogen-bond donors (Lipinski definition) is 1. The Kier molecular flexibility index (Phi) is 5.38. The van der Waals surface area contributed by atoms with Crippen molar-refractivity contribution in [3.8, 4) is 0 Å². The van der Waals surface area contributed by atoms with Crippen LogP contribution in [0.2, 0.25) is 0 Å². The molecule has 0 spiro atoms. The number of benzene rings is 1. The van der Waals surface area contributed by atoms with Crippen molar-refractivity contribution in [1.82, 2.24) is 0 Å². The van der Waals surface area contributed by atoms with Crippen molar-refractivity contribution in [1.29, 1.82) is 0 Å². The molecule has 1 aliphatic rings. The second-order valence-corrected chi connectivity index (χ2v) is 4.83. The van der Waals surface area contributed by atoms with Crippen LogP contribution in [0.4, 0.5) is 5.69 Å². The molecule has 1 heterocycles. The summed E-state index contributed by atoms with van der Waals surface area (Å²) in [6.45, 7) is 5.53. The summed E-state index contributed by atoms with van der Waals surface area (Å²) in [7, 11) is 0. The number of carbonyl (C=O) groups excluding carboxylic acids is 1. The number of anilines is 1. The van der Waals surface area contributed by atoms with E-state index in [0.717, 1.165) is 31.9 Å². The van der Waals surface area contributed by atoms with Gasteiger partial charge in [0, 0.05) is 18.8 Å². The molecule has 0 aromatic heterocycles. The topological polar surface area (TPSA) is 64.8 Å². The van der Waals surface area contributed by atoms with E-state index in [1.165, 1.54) is 5.69 Å². The largest absolute Gasteiger partial charge is 0.465 e. The van der Waals surface area contributed by atoms with Gasteiger partial charge in [-0.3, -0.25) is 4.79 Å². The third kappa shape index (κ3) is 3.95. The Bertz CT molecular complexity index is 427. The highest BCUT2D eigenvalue weighted by Gasteiger charge is 2.15. The van der Waals surface area contributed by atoms with Gasteiger partial charge in [0.15, 0.2) is 0 Å². The van der Waals surface area contributed by atoms with Gasteiger partial charge in [0.25, 0.3) is 0 Å². The first-order valence-electron chi connectivity index (χ1n) is 7.04. The number of hydrogen-bond acceptors (Lipinski definition) is 5. The fraction of sp³-hybridized carbons (Fsp3) is 0.533. The van der Waals surface area contributed by atoms with Crippen LogP contribution in [0.5, 0.6) is 0 Å². The van der Waals surface area contributed by atoms with E-state index in [4.69, 9.17) is 15.2 Å². The summed E-state index contributed by atoms with van der Waals surface area (Å²) in [5.74, 6) is -0.343. The molecule has 2 rings (SSSR count). The number of morpholine rings is 1. The molecule has 0 bridgehead atoms. The minimum Gasteiger partial charge on any atom is -0.465 e. The molecule has 0 amide bonds. The van der Waals surface area contributed by atoms with Crippen molar-refractivity contribution < 1.29 is 14.3 Å². The number of rotatable bonds is 5. The number of nitrogens with two attached hydrogens (primary N) is 1. The van der Waals surface area contributed by atoms with Gasteiger partial charge in [0.1, 0.15) is 6.04 Å². The van der Waals surface area contributed by atoms with Crippen molar-refractivity contribution in [3.05, 3.63) is 29.8 Å². The highest BCUT2D eigenvalue weighted by Crippen LogP contribution is 2.17. The molecule has 5 nitrogen and oxygen atoms in total. The predicted octanol–water partition coefficient (Wildman–Crippen LogP) is 0.956. The Morgan fingerprint density at radius 3 is 2.60 bits per heavy atom. The van der Waals surface area contributed by atoms with Crippen LogP contribution in [0, 0.1) is 0 Å². The number of esters is 1. The van der Waals surface area contributed by atoms with Crippen LogP contribution in [-0.2, 0) is 20.7 Å². The van der Waals surface area contributed by atoms with Gasteiger partial charge in [-0.15, -0.1) is 0 Å². The van der Waals surface area contributed by atoms with Gasteiger partial charge in [-0.05, 0) is 31.0 Å². The van der Waals surface area contributed by atoms with Crippen LogP contribution in [0.15, 0.2) is 24.3 Å². The van der Waals surface area contributed by atoms with Gasteiger partial charge in [0.05, 0.1) is 19.8 Å². The fourth-order valence-electron chi connectivity index (χ4n) is 2.25. The maximum absolute atomic E-state index is 11.5. The molecule has 1 aromatic carbocycles. The summed E-state index contributed by atoms with van der Waals surface area (Å²) in [6, 6.07) is 7.58. The first-order valence-corrected chi connectivity index (χ1v) is 7.04. The summed E-state index contributed by atoms with van der Waals surface area (Å²) in [5.41, 5.74) is 8.04. The van der Waals surface area contributed by atoms with Crippen molar-refractivity contribution in [3.63, 3.8) is 0 Å². The summed E-state index contributed by atoms with van der Waals surface area (Å²) in [4.78, 5) is 13.8. The van der Waals surface area contributed by atoms with Crippen molar-refractivity contribution in [2.24, 2.45) is 5.73 Å². The van der Waals surface area contributed by atoms with Crippen LogP contribution in [0.3, 0.4) is 0 Å². The number of ether oxygens (including phenoxy) is 2. The summed E-state index contributed by atoms with van der Waals surface area (Å²) >= 11 is 0. The van der Waals surface area contributed by atoms with Gasteiger partial charge in [-0.2, -0.15) is 0 Å². The molecule has 110 valence electrons. The number of nitrogens with zero attached hydrogens (tertiary/aromatic N) is 1. The van der Waals surface area contributed by atoms with Crippen LogP contribution in [0.25, 0.3) is 0 Å². The van der Waals surface area contributed by atoms with E-state index in [2.05, 4.69) is 17.0 Å². The lowest BCUT2D eigenvalue weighted by Crippen LogP contribution is -2.36. The molecule has 0 saturated carbocycles. The Balaban J connectivity index is 1.92. The Labute approximate surface area is 119 Å². The van der Waals surface area contributed by atoms with Crippen molar-refractivity contribution in [2.45, 2.75) is 19.4 Å². The zero-order valence-corrected chi connectivity index (χ0v) is 11.9. The molecule has 0 aliphatic carbocycles. The average molecular weight is 278 g/mol. The molecular formula is C15H22N2O3. The lowest BCUT2D eigenvalue weighted by Gasteiger charge is -2.29. The van der Waals surface area contributed by atoms with E-state index in [0.29, 0.717) is 13.0 Å². The Morgan fingerprint density at radius 1 is 1.35 bits per heavy atom. The zero-order chi connectivity index (χ0) is 14.4. The van der Waals surface area contributed by atoms with E-state index in [1.807, 2.05) is 12.1 Å². The Hall–Kier alpha value is -1.59. The molecule has 1 saturated heterocycles. The lowest BCUT2D eigenvalue weighted by atomic mass is 10.1. The van der Waals surface area contributed by atoms with E-state index >= 15 is 0 Å².